The molecule has 3 aromatic heterocycles. The van der Waals surface area contributed by atoms with Crippen molar-refractivity contribution in [1.29, 1.82) is 0 Å². The van der Waals surface area contributed by atoms with Crippen LogP contribution in [0, 0.1) is 5.41 Å². The van der Waals surface area contributed by atoms with Crippen molar-refractivity contribution in [2.45, 2.75) is 38.3 Å². The lowest BCUT2D eigenvalue weighted by atomic mass is 9.72. The van der Waals surface area contributed by atoms with Crippen LogP contribution in [0.15, 0.2) is 30.9 Å². The molecule has 0 bridgehead atoms. The maximum absolute atomic E-state index is 6.12. The van der Waals surface area contributed by atoms with Crippen LogP contribution >= 0.6 is 11.3 Å². The van der Waals surface area contributed by atoms with Crippen LogP contribution in [0.25, 0.3) is 10.6 Å². The van der Waals surface area contributed by atoms with Crippen LogP contribution in [-0.4, -0.2) is 75.4 Å². The number of morpholine rings is 1. The quantitative estimate of drug-likeness (QED) is 0.524. The molecule has 6 rings (SSSR count). The van der Waals surface area contributed by atoms with E-state index in [2.05, 4.69) is 35.1 Å². The molecule has 1 spiro atoms. The monoisotopic (exact) mass is 495 g/mol. The normalized spacial score (nSPS) is 20.5. The molecular formula is C24H29N7O3S. The van der Waals surface area contributed by atoms with Crippen LogP contribution in [0.1, 0.15) is 31.2 Å². The smallest absolute Gasteiger partial charge is 0.317 e. The van der Waals surface area contributed by atoms with Gasteiger partial charge in [0.2, 0.25) is 5.95 Å². The highest BCUT2D eigenvalue weighted by molar-refractivity contribution is 7.18. The summed E-state index contributed by atoms with van der Waals surface area (Å²) < 4.78 is 16.9. The minimum atomic E-state index is 0.165. The van der Waals surface area contributed by atoms with E-state index in [-0.39, 0.29) is 6.10 Å². The first-order chi connectivity index (χ1) is 17.2. The maximum Gasteiger partial charge on any atom is 0.317 e. The molecule has 35 heavy (non-hydrogen) atoms. The van der Waals surface area contributed by atoms with E-state index < -0.39 is 0 Å². The summed E-state index contributed by atoms with van der Waals surface area (Å²) in [6, 6.07) is 2.30. The average molecular weight is 496 g/mol. The van der Waals surface area contributed by atoms with E-state index in [4.69, 9.17) is 14.2 Å². The molecule has 0 unspecified atom stereocenters. The van der Waals surface area contributed by atoms with Gasteiger partial charge in [-0.15, -0.1) is 0 Å². The molecule has 11 heteroatoms. The number of thiazole rings is 1. The van der Waals surface area contributed by atoms with Crippen LogP contribution in [0.5, 0.6) is 6.01 Å². The summed E-state index contributed by atoms with van der Waals surface area (Å²) in [5.74, 6) is 0.523. The van der Waals surface area contributed by atoms with E-state index in [1.165, 1.54) is 11.3 Å². The molecule has 2 aliphatic heterocycles. The van der Waals surface area contributed by atoms with Crippen molar-refractivity contribution in [3.63, 3.8) is 0 Å². The zero-order valence-electron chi connectivity index (χ0n) is 19.6. The lowest BCUT2D eigenvalue weighted by Crippen LogP contribution is -2.46. The third-order valence-corrected chi connectivity index (χ3v) is 7.84. The van der Waals surface area contributed by atoms with Gasteiger partial charge in [-0.25, -0.2) is 19.9 Å². The van der Waals surface area contributed by atoms with Crippen molar-refractivity contribution in [2.24, 2.45) is 5.41 Å². The van der Waals surface area contributed by atoms with Crippen molar-refractivity contribution in [3.05, 3.63) is 36.4 Å². The standard InChI is InChI=1S/C24H29N7O3S/c1-4-24(15-33-16-24)5-2-18(1)34-22-25-6-3-19(29-22)20-13-28-23(35-20)30-21-26-11-17(12-27-21)14-31-7-9-32-10-8-31/h3,6,11-13,18H,1-2,4-5,7-10,14-16H2,(H,26,27,28,30). The van der Waals surface area contributed by atoms with E-state index in [0.717, 1.165) is 87.9 Å². The average Bonchev–Trinajstić information content (AvgIpc) is 3.34. The molecule has 3 fully saturated rings. The Morgan fingerprint density at radius 3 is 2.57 bits per heavy atom. The topological polar surface area (TPSA) is 107 Å². The fourth-order valence-corrected chi connectivity index (χ4v) is 5.53. The van der Waals surface area contributed by atoms with Crippen LogP contribution in [0.3, 0.4) is 0 Å². The molecule has 10 nitrogen and oxygen atoms in total. The molecule has 0 aromatic carbocycles. The number of anilines is 2. The lowest BCUT2D eigenvalue weighted by Gasteiger charge is -2.45. The zero-order valence-corrected chi connectivity index (χ0v) is 20.4. The van der Waals surface area contributed by atoms with Gasteiger partial charge in [0, 0.05) is 55.4 Å². The SMILES string of the molecule is c1cc(-c2cnc(Nc3ncc(CN4CCOCC4)cn3)s2)nc(OC2CCC3(CC2)COC3)n1. The molecule has 1 aliphatic carbocycles. The highest BCUT2D eigenvalue weighted by Crippen LogP contribution is 2.43. The third-order valence-electron chi connectivity index (χ3n) is 6.91. The Balaban J connectivity index is 1.05. The van der Waals surface area contributed by atoms with Gasteiger partial charge in [0.05, 0.1) is 37.0 Å². The molecule has 1 N–H and O–H groups in total. The Kier molecular flexibility index (Phi) is 6.55. The highest BCUT2D eigenvalue weighted by Gasteiger charge is 2.42. The fourth-order valence-electron chi connectivity index (χ4n) is 4.75. The van der Waals surface area contributed by atoms with Gasteiger partial charge in [0.15, 0.2) is 5.13 Å². The largest absolute Gasteiger partial charge is 0.460 e. The van der Waals surface area contributed by atoms with Crippen molar-refractivity contribution >= 4 is 22.4 Å². The van der Waals surface area contributed by atoms with Crippen LogP contribution in [-0.2, 0) is 16.0 Å². The zero-order chi connectivity index (χ0) is 23.5. The van der Waals surface area contributed by atoms with E-state index in [1.807, 2.05) is 18.5 Å². The first kappa shape index (κ1) is 22.7. The minimum Gasteiger partial charge on any atom is -0.460 e. The van der Waals surface area contributed by atoms with Gasteiger partial charge in [-0.05, 0) is 31.7 Å². The second-order valence-corrected chi connectivity index (χ2v) is 10.5. The van der Waals surface area contributed by atoms with Crippen molar-refractivity contribution in [2.75, 3.05) is 44.8 Å². The van der Waals surface area contributed by atoms with E-state index in [9.17, 15) is 0 Å². The number of aromatic nitrogens is 5. The molecule has 5 heterocycles. The Morgan fingerprint density at radius 2 is 1.83 bits per heavy atom. The van der Waals surface area contributed by atoms with Gasteiger partial charge in [0.1, 0.15) is 6.10 Å². The Hall–Kier alpha value is -2.73. The molecule has 3 aliphatic rings. The summed E-state index contributed by atoms with van der Waals surface area (Å²) in [6.07, 6.45) is 11.8. The van der Waals surface area contributed by atoms with Gasteiger partial charge in [-0.3, -0.25) is 4.90 Å². The highest BCUT2D eigenvalue weighted by atomic mass is 32.1. The first-order valence-electron chi connectivity index (χ1n) is 12.1. The lowest BCUT2D eigenvalue weighted by molar-refractivity contribution is -0.140. The number of rotatable bonds is 7. The first-order valence-corrected chi connectivity index (χ1v) is 13.0. The molecule has 1 saturated carbocycles. The maximum atomic E-state index is 6.12. The van der Waals surface area contributed by atoms with Crippen LogP contribution < -0.4 is 10.1 Å². The van der Waals surface area contributed by atoms with Crippen LogP contribution in [0.2, 0.25) is 0 Å². The summed E-state index contributed by atoms with van der Waals surface area (Å²) >= 11 is 1.49. The third kappa shape index (κ3) is 5.43. The number of nitrogens with zero attached hydrogens (tertiary/aromatic N) is 6. The number of hydrogen-bond donors (Lipinski definition) is 1. The van der Waals surface area contributed by atoms with Crippen LogP contribution in [0.4, 0.5) is 11.1 Å². The van der Waals surface area contributed by atoms with Gasteiger partial charge in [0.25, 0.3) is 0 Å². The summed E-state index contributed by atoms with van der Waals surface area (Å²) in [5.41, 5.74) is 2.28. The molecule has 0 amide bonds. The predicted octanol–water partition coefficient (Wildman–Crippen LogP) is 3.30. The molecule has 184 valence electrons. The molecular weight excluding hydrogens is 466 g/mol. The summed E-state index contributed by atoms with van der Waals surface area (Å²) in [4.78, 5) is 25.6. The minimum absolute atomic E-state index is 0.165. The van der Waals surface area contributed by atoms with Gasteiger partial charge < -0.3 is 19.5 Å². The van der Waals surface area contributed by atoms with E-state index >= 15 is 0 Å². The number of hydrogen-bond acceptors (Lipinski definition) is 11. The van der Waals surface area contributed by atoms with E-state index in [0.29, 0.717) is 22.5 Å². The van der Waals surface area contributed by atoms with E-state index in [1.54, 1.807) is 12.4 Å². The second-order valence-electron chi connectivity index (χ2n) is 9.49. The second kappa shape index (κ2) is 10.1. The Bertz CT molecular complexity index is 1120. The molecule has 3 aromatic rings. The molecule has 2 saturated heterocycles. The molecule has 0 atom stereocenters. The number of nitrogens with one attached hydrogen (secondary N) is 1. The summed E-state index contributed by atoms with van der Waals surface area (Å²) in [5, 5.41) is 3.90. The van der Waals surface area contributed by atoms with Crippen molar-refractivity contribution in [3.8, 4) is 16.6 Å². The van der Waals surface area contributed by atoms with Gasteiger partial charge >= 0.3 is 6.01 Å². The Labute approximate surface area is 208 Å². The van der Waals surface area contributed by atoms with Crippen molar-refractivity contribution in [1.82, 2.24) is 29.8 Å². The number of ether oxygens (including phenoxy) is 3. The summed E-state index contributed by atoms with van der Waals surface area (Å²) in [7, 11) is 0. The predicted molar refractivity (Wildman–Crippen MR) is 131 cm³/mol. The summed E-state index contributed by atoms with van der Waals surface area (Å²) in [6.45, 7) is 6.07. The molecule has 0 radical (unpaired) electrons. The van der Waals surface area contributed by atoms with Gasteiger partial charge in [-0.2, -0.15) is 4.98 Å². The fraction of sp³-hybridized carbons (Fsp3) is 0.542. The van der Waals surface area contributed by atoms with Gasteiger partial charge in [-0.1, -0.05) is 11.3 Å². The van der Waals surface area contributed by atoms with Crippen molar-refractivity contribution < 1.29 is 14.2 Å². The Morgan fingerprint density at radius 1 is 1.03 bits per heavy atom.